The van der Waals surface area contributed by atoms with E-state index in [-0.39, 0.29) is 25.3 Å². The zero-order valence-corrected chi connectivity index (χ0v) is 11.6. The topological polar surface area (TPSA) is 97.3 Å². The van der Waals surface area contributed by atoms with Crippen molar-refractivity contribution in [1.82, 2.24) is 10.3 Å². The van der Waals surface area contributed by atoms with Gasteiger partial charge in [0.25, 0.3) is 5.91 Å². The van der Waals surface area contributed by atoms with Crippen molar-refractivity contribution in [3.63, 3.8) is 0 Å². The molecule has 20 heavy (non-hydrogen) atoms. The van der Waals surface area contributed by atoms with E-state index in [1.807, 2.05) is 0 Å². The Bertz CT molecular complexity index is 485. The molecule has 2 aliphatic rings. The van der Waals surface area contributed by atoms with E-state index in [2.05, 4.69) is 10.5 Å². The fraction of sp³-hybridized carbons (Fsp3) is 0.667. The van der Waals surface area contributed by atoms with Gasteiger partial charge in [0.05, 0.1) is 13.2 Å². The second kappa shape index (κ2) is 5.10. The van der Waals surface area contributed by atoms with Gasteiger partial charge in [-0.15, -0.1) is 0 Å². The molecule has 0 aromatic heterocycles. The third-order valence-corrected chi connectivity index (χ3v) is 2.95. The second-order valence-electron chi connectivity index (χ2n) is 5.22. The molecule has 2 heterocycles. The summed E-state index contributed by atoms with van der Waals surface area (Å²) in [5.41, 5.74) is 2.01. The zero-order chi connectivity index (χ0) is 14.9. The van der Waals surface area contributed by atoms with Gasteiger partial charge in [-0.05, 0) is 20.8 Å². The summed E-state index contributed by atoms with van der Waals surface area (Å²) in [4.78, 5) is 36.4. The highest BCUT2D eigenvalue weighted by Gasteiger charge is 2.44. The number of cyclic esters (lactones) is 1. The van der Waals surface area contributed by atoms with Crippen LogP contribution in [0.15, 0.2) is 5.10 Å². The third-order valence-electron chi connectivity index (χ3n) is 2.95. The van der Waals surface area contributed by atoms with E-state index in [1.54, 1.807) is 20.8 Å². The average molecular weight is 283 g/mol. The molecule has 110 valence electrons. The number of esters is 1. The lowest BCUT2D eigenvalue weighted by molar-refractivity contribution is -0.135. The van der Waals surface area contributed by atoms with Gasteiger partial charge in [-0.25, -0.2) is 14.5 Å². The summed E-state index contributed by atoms with van der Waals surface area (Å²) < 4.78 is 9.87. The van der Waals surface area contributed by atoms with Crippen molar-refractivity contribution in [2.45, 2.75) is 38.8 Å². The highest BCUT2D eigenvalue weighted by Crippen LogP contribution is 2.23. The highest BCUT2D eigenvalue weighted by atomic mass is 16.6. The number of nitrogens with zero attached hydrogens (tertiary/aromatic N) is 2. The number of hydrogen-bond acceptors (Lipinski definition) is 7. The monoisotopic (exact) mass is 283 g/mol. The number of hydrazone groups is 1. The fourth-order valence-corrected chi connectivity index (χ4v) is 2.05. The van der Waals surface area contributed by atoms with Crippen molar-refractivity contribution in [3.8, 4) is 0 Å². The van der Waals surface area contributed by atoms with E-state index in [0.717, 1.165) is 4.90 Å². The molecule has 0 bridgehead atoms. The third kappa shape index (κ3) is 2.73. The van der Waals surface area contributed by atoms with Crippen LogP contribution in [0.1, 0.15) is 27.2 Å². The van der Waals surface area contributed by atoms with Crippen molar-refractivity contribution in [2.75, 3.05) is 13.2 Å². The molecule has 0 radical (unpaired) electrons. The molecule has 8 heteroatoms. The van der Waals surface area contributed by atoms with Crippen LogP contribution < -0.4 is 5.43 Å². The first-order valence-electron chi connectivity index (χ1n) is 6.37. The Morgan fingerprint density at radius 2 is 2.25 bits per heavy atom. The van der Waals surface area contributed by atoms with Gasteiger partial charge in [-0.1, -0.05) is 0 Å². The second-order valence-corrected chi connectivity index (χ2v) is 5.22. The molecule has 0 unspecified atom stereocenters. The van der Waals surface area contributed by atoms with Crippen LogP contribution in [-0.4, -0.2) is 53.4 Å². The molecule has 1 N–H and O–H groups in total. The van der Waals surface area contributed by atoms with Gasteiger partial charge in [0.2, 0.25) is 0 Å². The molecule has 1 saturated heterocycles. The fourth-order valence-electron chi connectivity index (χ4n) is 2.05. The van der Waals surface area contributed by atoms with Crippen molar-refractivity contribution in [1.29, 1.82) is 0 Å². The van der Waals surface area contributed by atoms with E-state index < -0.39 is 29.6 Å². The minimum Gasteiger partial charge on any atom is -0.461 e. The van der Waals surface area contributed by atoms with Gasteiger partial charge in [-0.2, -0.15) is 5.10 Å². The SMILES string of the molecule is CCOC(=O)C1=NN[C@H](C(=O)N2CC(C)(C)OC2=O)C1. The Hall–Kier alpha value is -2.12. The van der Waals surface area contributed by atoms with Gasteiger partial charge in [0.1, 0.15) is 17.4 Å². The van der Waals surface area contributed by atoms with Crippen LogP contribution in [0.2, 0.25) is 0 Å². The van der Waals surface area contributed by atoms with E-state index >= 15 is 0 Å². The molecule has 2 rings (SSSR count). The average Bonchev–Trinajstić information content (AvgIpc) is 2.93. The number of ether oxygens (including phenoxy) is 2. The van der Waals surface area contributed by atoms with Crippen LogP contribution in [0.3, 0.4) is 0 Å². The summed E-state index contributed by atoms with van der Waals surface area (Å²) in [6.07, 6.45) is -0.576. The maximum Gasteiger partial charge on any atom is 0.417 e. The minimum atomic E-state index is -0.740. The Balaban J connectivity index is 1.97. The quantitative estimate of drug-likeness (QED) is 0.734. The molecule has 0 aromatic carbocycles. The van der Waals surface area contributed by atoms with Gasteiger partial charge in [0, 0.05) is 6.42 Å². The van der Waals surface area contributed by atoms with Crippen LogP contribution in [-0.2, 0) is 19.1 Å². The lowest BCUT2D eigenvalue weighted by atomic mass is 10.1. The largest absolute Gasteiger partial charge is 0.461 e. The molecule has 0 saturated carbocycles. The van der Waals surface area contributed by atoms with E-state index in [4.69, 9.17) is 9.47 Å². The van der Waals surface area contributed by atoms with E-state index in [0.29, 0.717) is 0 Å². The van der Waals surface area contributed by atoms with Crippen molar-refractivity contribution in [2.24, 2.45) is 5.10 Å². The van der Waals surface area contributed by atoms with Crippen LogP contribution in [0.5, 0.6) is 0 Å². The van der Waals surface area contributed by atoms with E-state index in [1.165, 1.54) is 0 Å². The summed E-state index contributed by atoms with van der Waals surface area (Å²) in [5.74, 6) is -1.01. The minimum absolute atomic E-state index is 0.0991. The van der Waals surface area contributed by atoms with Crippen molar-refractivity contribution < 1.29 is 23.9 Å². The van der Waals surface area contributed by atoms with Gasteiger partial charge in [0.15, 0.2) is 0 Å². The number of imide groups is 1. The van der Waals surface area contributed by atoms with Crippen LogP contribution in [0.25, 0.3) is 0 Å². The first kappa shape index (κ1) is 14.3. The molecule has 0 aromatic rings. The number of nitrogens with one attached hydrogen (secondary N) is 1. The molecule has 2 amide bonds. The first-order chi connectivity index (χ1) is 9.34. The lowest BCUT2D eigenvalue weighted by Gasteiger charge is -2.17. The molecule has 1 atom stereocenters. The summed E-state index contributed by atoms with van der Waals surface area (Å²) in [5, 5.41) is 3.78. The summed E-state index contributed by atoms with van der Waals surface area (Å²) in [6.45, 7) is 5.55. The van der Waals surface area contributed by atoms with Crippen LogP contribution in [0, 0.1) is 0 Å². The zero-order valence-electron chi connectivity index (χ0n) is 11.6. The smallest absolute Gasteiger partial charge is 0.417 e. The van der Waals surface area contributed by atoms with Gasteiger partial charge < -0.3 is 9.47 Å². The Morgan fingerprint density at radius 1 is 1.55 bits per heavy atom. The standard InChI is InChI=1S/C12H17N3O5/c1-4-19-10(17)8-5-7(13-14-8)9(16)15-6-12(2,3)20-11(15)18/h7,13H,4-6H2,1-3H3/t7-/m0/s1. The molecular weight excluding hydrogens is 266 g/mol. The highest BCUT2D eigenvalue weighted by molar-refractivity contribution is 6.37. The molecule has 2 aliphatic heterocycles. The van der Waals surface area contributed by atoms with Gasteiger partial charge >= 0.3 is 12.1 Å². The Labute approximate surface area is 116 Å². The molecular formula is C12H17N3O5. The van der Waals surface area contributed by atoms with Gasteiger partial charge in [-0.3, -0.25) is 10.2 Å². The number of amides is 2. The number of carbonyl (C=O) groups is 3. The Kier molecular flexibility index (Phi) is 3.65. The summed E-state index contributed by atoms with van der Waals surface area (Å²) in [6, 6.07) is -0.740. The predicted molar refractivity (Wildman–Crippen MR) is 67.9 cm³/mol. The number of rotatable bonds is 3. The van der Waals surface area contributed by atoms with Crippen molar-refractivity contribution >= 4 is 23.7 Å². The van der Waals surface area contributed by atoms with Crippen LogP contribution >= 0.6 is 0 Å². The number of hydrogen-bond donors (Lipinski definition) is 1. The molecule has 1 fully saturated rings. The lowest BCUT2D eigenvalue weighted by Crippen LogP contribution is -2.44. The number of carbonyl (C=O) groups excluding carboxylic acids is 3. The maximum atomic E-state index is 12.2. The normalized spacial score (nSPS) is 23.9. The van der Waals surface area contributed by atoms with Crippen LogP contribution in [0.4, 0.5) is 4.79 Å². The first-order valence-corrected chi connectivity index (χ1v) is 6.37. The Morgan fingerprint density at radius 3 is 2.80 bits per heavy atom. The van der Waals surface area contributed by atoms with Crippen molar-refractivity contribution in [3.05, 3.63) is 0 Å². The predicted octanol–water partition coefficient (Wildman–Crippen LogP) is 0.0248. The maximum absolute atomic E-state index is 12.2. The molecule has 0 aliphatic carbocycles. The summed E-state index contributed by atoms with van der Waals surface area (Å²) in [7, 11) is 0. The van der Waals surface area contributed by atoms with E-state index in [9.17, 15) is 14.4 Å². The molecule has 0 spiro atoms. The summed E-state index contributed by atoms with van der Waals surface area (Å²) >= 11 is 0. The molecule has 8 nitrogen and oxygen atoms in total.